The highest BCUT2D eigenvalue weighted by Crippen LogP contribution is 2.25. The van der Waals surface area contributed by atoms with Gasteiger partial charge in [0.25, 0.3) is 5.56 Å². The third kappa shape index (κ3) is 2.71. The molecule has 5 heteroatoms. The van der Waals surface area contributed by atoms with Gasteiger partial charge >= 0.3 is 0 Å². The number of rotatable bonds is 4. The monoisotopic (exact) mass is 285 g/mol. The van der Waals surface area contributed by atoms with E-state index in [0.29, 0.717) is 12.5 Å². The number of carbonyl (C=O) groups excluding carboxylic acids is 1. The first-order valence-corrected chi connectivity index (χ1v) is 7.61. The molecule has 1 aromatic heterocycles. The topological polar surface area (TPSA) is 74.9 Å². The second-order valence-electron chi connectivity index (χ2n) is 6.01. The Labute approximate surface area is 123 Å². The minimum atomic E-state index is -0.336. The maximum atomic E-state index is 12.3. The zero-order valence-corrected chi connectivity index (χ0v) is 12.0. The Morgan fingerprint density at radius 3 is 2.86 bits per heavy atom. The van der Waals surface area contributed by atoms with E-state index < -0.39 is 0 Å². The molecule has 1 aromatic rings. The first kappa shape index (κ1) is 13.9. The predicted molar refractivity (Wildman–Crippen MR) is 77.8 cm³/mol. The van der Waals surface area contributed by atoms with Gasteiger partial charge in [0.05, 0.1) is 0 Å². The third-order valence-electron chi connectivity index (χ3n) is 4.59. The smallest absolute Gasteiger partial charge is 0.269 e. The van der Waals surface area contributed by atoms with Crippen LogP contribution in [0.1, 0.15) is 42.4 Å². The number of nitrogens with one attached hydrogen (secondary N) is 1. The maximum absolute atomic E-state index is 12.3. The SMILES string of the molecule is N#Cc1c2c(cn(CC(=O)NCC3CCC3)c1=O)CCC2. The highest BCUT2D eigenvalue weighted by Gasteiger charge is 2.21. The van der Waals surface area contributed by atoms with E-state index in [1.807, 2.05) is 6.07 Å². The minimum absolute atomic E-state index is 0.00745. The summed E-state index contributed by atoms with van der Waals surface area (Å²) in [6, 6.07) is 2.01. The van der Waals surface area contributed by atoms with Crippen LogP contribution in [-0.4, -0.2) is 17.0 Å². The van der Waals surface area contributed by atoms with Gasteiger partial charge in [-0.2, -0.15) is 5.26 Å². The van der Waals surface area contributed by atoms with Crippen molar-refractivity contribution < 1.29 is 4.79 Å². The number of fused-ring (bicyclic) bond motifs is 1. The molecule has 1 heterocycles. The molecule has 0 aliphatic heterocycles. The molecule has 110 valence electrons. The zero-order valence-electron chi connectivity index (χ0n) is 12.0. The Bertz CT molecular complexity index is 665. The Hall–Kier alpha value is -2.09. The van der Waals surface area contributed by atoms with Crippen molar-refractivity contribution >= 4 is 5.91 Å². The molecular formula is C16H19N3O2. The van der Waals surface area contributed by atoms with Gasteiger partial charge in [-0.25, -0.2) is 0 Å². The van der Waals surface area contributed by atoms with Crippen LogP contribution < -0.4 is 10.9 Å². The van der Waals surface area contributed by atoms with Crippen LogP contribution in [0.3, 0.4) is 0 Å². The van der Waals surface area contributed by atoms with Crippen molar-refractivity contribution in [1.29, 1.82) is 5.26 Å². The number of aryl methyl sites for hydroxylation is 1. The van der Waals surface area contributed by atoms with Crippen molar-refractivity contribution in [2.75, 3.05) is 6.54 Å². The lowest BCUT2D eigenvalue weighted by Gasteiger charge is -2.25. The fourth-order valence-corrected chi connectivity index (χ4v) is 3.11. The fraction of sp³-hybridized carbons (Fsp3) is 0.562. The Morgan fingerprint density at radius 1 is 1.38 bits per heavy atom. The van der Waals surface area contributed by atoms with Crippen LogP contribution in [0.15, 0.2) is 11.0 Å². The molecule has 0 unspecified atom stereocenters. The van der Waals surface area contributed by atoms with E-state index in [4.69, 9.17) is 0 Å². The molecule has 0 atom stereocenters. The maximum Gasteiger partial charge on any atom is 0.269 e. The number of carbonyl (C=O) groups is 1. The molecule has 2 aliphatic carbocycles. The van der Waals surface area contributed by atoms with Crippen molar-refractivity contribution in [1.82, 2.24) is 9.88 Å². The molecule has 0 bridgehead atoms. The quantitative estimate of drug-likeness (QED) is 0.901. The molecule has 0 aromatic carbocycles. The number of nitrogens with zero attached hydrogens (tertiary/aromatic N) is 2. The van der Waals surface area contributed by atoms with E-state index in [2.05, 4.69) is 5.32 Å². The van der Waals surface area contributed by atoms with Crippen LogP contribution in [0.25, 0.3) is 0 Å². The average molecular weight is 285 g/mol. The van der Waals surface area contributed by atoms with Gasteiger partial charge in [0, 0.05) is 12.7 Å². The van der Waals surface area contributed by atoms with E-state index >= 15 is 0 Å². The van der Waals surface area contributed by atoms with Crippen LogP contribution in [0.2, 0.25) is 0 Å². The third-order valence-corrected chi connectivity index (χ3v) is 4.59. The average Bonchev–Trinajstić information content (AvgIpc) is 2.85. The van der Waals surface area contributed by atoms with Gasteiger partial charge < -0.3 is 9.88 Å². The van der Waals surface area contributed by atoms with Crippen LogP contribution in [0.4, 0.5) is 0 Å². The molecular weight excluding hydrogens is 266 g/mol. The van der Waals surface area contributed by atoms with Crippen LogP contribution in [-0.2, 0) is 24.2 Å². The van der Waals surface area contributed by atoms with Crippen molar-refractivity contribution in [3.8, 4) is 6.07 Å². The highest BCUT2D eigenvalue weighted by atomic mass is 16.2. The Kier molecular flexibility index (Phi) is 3.78. The van der Waals surface area contributed by atoms with Gasteiger partial charge in [0.2, 0.25) is 5.91 Å². The number of aromatic nitrogens is 1. The molecule has 3 rings (SSSR count). The molecule has 21 heavy (non-hydrogen) atoms. The number of amides is 1. The fourth-order valence-electron chi connectivity index (χ4n) is 3.11. The highest BCUT2D eigenvalue weighted by molar-refractivity contribution is 5.75. The van der Waals surface area contributed by atoms with E-state index in [1.165, 1.54) is 23.8 Å². The predicted octanol–water partition coefficient (Wildman–Crippen LogP) is 1.12. The van der Waals surface area contributed by atoms with Crippen molar-refractivity contribution in [2.24, 2.45) is 5.92 Å². The molecule has 1 fully saturated rings. The van der Waals surface area contributed by atoms with Crippen LogP contribution >= 0.6 is 0 Å². The van der Waals surface area contributed by atoms with Gasteiger partial charge in [-0.1, -0.05) is 6.42 Å². The molecule has 1 N–H and O–H groups in total. The lowest BCUT2D eigenvalue weighted by atomic mass is 9.85. The molecule has 0 saturated heterocycles. The van der Waals surface area contributed by atoms with Crippen LogP contribution in [0.5, 0.6) is 0 Å². The second-order valence-corrected chi connectivity index (χ2v) is 6.01. The summed E-state index contributed by atoms with van der Waals surface area (Å²) in [5, 5.41) is 12.1. The zero-order chi connectivity index (χ0) is 14.8. The summed E-state index contributed by atoms with van der Waals surface area (Å²) in [4.78, 5) is 24.2. The standard InChI is InChI=1S/C16H19N3O2/c17-7-14-13-6-2-5-12(13)9-19(16(14)21)10-15(20)18-8-11-3-1-4-11/h9,11H,1-6,8,10H2,(H,18,20). The van der Waals surface area contributed by atoms with E-state index in [9.17, 15) is 14.9 Å². The van der Waals surface area contributed by atoms with Gasteiger partial charge in [-0.05, 0) is 49.1 Å². The van der Waals surface area contributed by atoms with Gasteiger partial charge in [0.15, 0.2) is 0 Å². The number of nitriles is 1. The minimum Gasteiger partial charge on any atom is -0.354 e. The molecule has 1 saturated carbocycles. The number of pyridine rings is 1. The summed E-state index contributed by atoms with van der Waals surface area (Å²) in [6.07, 6.45) is 8.01. The van der Waals surface area contributed by atoms with E-state index in [-0.39, 0.29) is 23.6 Å². The van der Waals surface area contributed by atoms with E-state index in [1.54, 1.807) is 6.20 Å². The van der Waals surface area contributed by atoms with E-state index in [0.717, 1.165) is 30.4 Å². The van der Waals surface area contributed by atoms with Crippen LogP contribution in [0, 0.1) is 17.2 Å². The summed E-state index contributed by atoms with van der Waals surface area (Å²) in [5.41, 5.74) is 1.81. The summed E-state index contributed by atoms with van der Waals surface area (Å²) in [6.45, 7) is 0.706. The molecule has 1 amide bonds. The number of hydrogen-bond acceptors (Lipinski definition) is 3. The summed E-state index contributed by atoms with van der Waals surface area (Å²) >= 11 is 0. The van der Waals surface area contributed by atoms with Crippen molar-refractivity contribution in [2.45, 2.75) is 45.1 Å². The Balaban J connectivity index is 1.74. The first-order valence-electron chi connectivity index (χ1n) is 7.61. The van der Waals surface area contributed by atoms with Gasteiger partial charge in [0.1, 0.15) is 18.2 Å². The molecule has 5 nitrogen and oxygen atoms in total. The van der Waals surface area contributed by atoms with Crippen molar-refractivity contribution in [3.63, 3.8) is 0 Å². The molecule has 0 spiro atoms. The second kappa shape index (κ2) is 5.72. The lowest BCUT2D eigenvalue weighted by Crippen LogP contribution is -2.37. The molecule has 2 aliphatic rings. The summed E-state index contributed by atoms with van der Waals surface area (Å²) < 4.78 is 1.39. The molecule has 0 radical (unpaired) electrons. The normalized spacial score (nSPS) is 16.9. The number of hydrogen-bond donors (Lipinski definition) is 1. The van der Waals surface area contributed by atoms with Crippen molar-refractivity contribution in [3.05, 3.63) is 33.2 Å². The largest absolute Gasteiger partial charge is 0.354 e. The van der Waals surface area contributed by atoms with Gasteiger partial charge in [-0.3, -0.25) is 9.59 Å². The Morgan fingerprint density at radius 2 is 2.19 bits per heavy atom. The first-order chi connectivity index (χ1) is 10.2. The van der Waals surface area contributed by atoms with Gasteiger partial charge in [-0.15, -0.1) is 0 Å². The summed E-state index contributed by atoms with van der Waals surface area (Å²) in [7, 11) is 0. The summed E-state index contributed by atoms with van der Waals surface area (Å²) in [5.74, 6) is 0.450. The lowest BCUT2D eigenvalue weighted by molar-refractivity contribution is -0.122.